The second kappa shape index (κ2) is 14.9. The molecular weight excluding hydrogens is 689 g/mol. The van der Waals surface area contributed by atoms with Gasteiger partial charge in [-0.25, -0.2) is 9.97 Å². The lowest BCUT2D eigenvalue weighted by atomic mass is 9.86. The second-order valence-electron chi connectivity index (χ2n) is 14.6. The third kappa shape index (κ3) is 7.94. The minimum atomic E-state index is -4.56. The highest BCUT2D eigenvalue weighted by molar-refractivity contribution is 6.03. The van der Waals surface area contributed by atoms with Gasteiger partial charge in [0, 0.05) is 56.9 Å². The monoisotopic (exact) mass is 734 g/mol. The van der Waals surface area contributed by atoms with E-state index in [2.05, 4.69) is 40.0 Å². The van der Waals surface area contributed by atoms with Crippen LogP contribution in [-0.2, 0) is 20.4 Å². The van der Waals surface area contributed by atoms with Crippen molar-refractivity contribution in [3.05, 3.63) is 53.6 Å². The number of aromatic amines is 1. The van der Waals surface area contributed by atoms with Crippen molar-refractivity contribution in [3.8, 4) is 11.3 Å². The molecule has 1 saturated heterocycles. The molecule has 0 atom stereocenters. The Balaban J connectivity index is 1.15. The van der Waals surface area contributed by atoms with E-state index in [1.165, 1.54) is 6.20 Å². The maximum absolute atomic E-state index is 14.2. The van der Waals surface area contributed by atoms with E-state index in [9.17, 15) is 22.8 Å². The highest BCUT2D eigenvalue weighted by atomic mass is 19.4. The third-order valence-electron chi connectivity index (χ3n) is 10.7. The lowest BCUT2D eigenvalue weighted by molar-refractivity contribution is -0.148. The molecule has 3 aliphatic rings. The Bertz CT molecular complexity index is 1950. The zero-order chi connectivity index (χ0) is 37.3. The van der Waals surface area contributed by atoms with Crippen LogP contribution in [0.1, 0.15) is 86.0 Å². The Morgan fingerprint density at radius 3 is 2.45 bits per heavy atom. The smallest absolute Gasteiger partial charge is 0.418 e. The van der Waals surface area contributed by atoms with Gasteiger partial charge in [-0.3, -0.25) is 19.9 Å². The maximum atomic E-state index is 14.2. The summed E-state index contributed by atoms with van der Waals surface area (Å²) in [5.41, 5.74) is 2.24. The number of aromatic nitrogens is 5. The first-order valence-corrected chi connectivity index (χ1v) is 18.3. The molecule has 0 spiro atoms. The molecule has 0 unspecified atom stereocenters. The number of methoxy groups -OCH3 is 1. The lowest BCUT2D eigenvalue weighted by Crippen LogP contribution is -2.37. The van der Waals surface area contributed by atoms with E-state index >= 15 is 0 Å². The molecule has 0 bridgehead atoms. The van der Waals surface area contributed by atoms with Gasteiger partial charge in [0.2, 0.25) is 5.95 Å². The number of imidazole rings is 1. The first kappa shape index (κ1) is 36.6. The minimum Gasteiger partial charge on any atom is -0.466 e. The van der Waals surface area contributed by atoms with E-state index < -0.39 is 17.6 Å². The van der Waals surface area contributed by atoms with Crippen LogP contribution in [0.4, 0.5) is 30.5 Å². The first-order chi connectivity index (χ1) is 25.5. The van der Waals surface area contributed by atoms with Crippen LogP contribution in [0.15, 0.2) is 36.7 Å². The van der Waals surface area contributed by atoms with Crippen LogP contribution in [0.3, 0.4) is 0 Å². The number of amides is 1. The predicted octanol–water partition coefficient (Wildman–Crippen LogP) is 6.99. The molecule has 2 saturated carbocycles. The van der Waals surface area contributed by atoms with Crippen LogP contribution in [-0.4, -0.2) is 83.8 Å². The predicted molar refractivity (Wildman–Crippen MR) is 194 cm³/mol. The summed E-state index contributed by atoms with van der Waals surface area (Å²) in [6, 6.07) is 6.34. The normalized spacial score (nSPS) is 17.7. The van der Waals surface area contributed by atoms with E-state index in [4.69, 9.17) is 9.47 Å². The fraction of sp³-hybridized carbons (Fsp3) is 0.526. The van der Waals surface area contributed by atoms with E-state index in [1.54, 1.807) is 32.4 Å². The van der Waals surface area contributed by atoms with Gasteiger partial charge >= 0.3 is 12.1 Å². The number of nitrogens with one attached hydrogen (secondary N) is 2. The number of nitrogens with zero attached hydrogens (tertiary/aromatic N) is 6. The minimum absolute atomic E-state index is 0.0763. The molecule has 7 rings (SSSR count). The highest BCUT2D eigenvalue weighted by Gasteiger charge is 2.40. The number of esters is 1. The van der Waals surface area contributed by atoms with E-state index in [-0.39, 0.29) is 51.8 Å². The molecule has 53 heavy (non-hydrogen) atoms. The highest BCUT2D eigenvalue weighted by Crippen LogP contribution is 2.46. The van der Waals surface area contributed by atoms with Gasteiger partial charge in [0.25, 0.3) is 5.91 Å². The average Bonchev–Trinajstić information content (AvgIpc) is 3.77. The summed E-state index contributed by atoms with van der Waals surface area (Å²) in [5.74, 6) is -0.824. The molecule has 1 aliphatic heterocycles. The van der Waals surface area contributed by atoms with E-state index in [0.717, 1.165) is 37.4 Å². The molecule has 0 aromatic carbocycles. The summed E-state index contributed by atoms with van der Waals surface area (Å²) in [6.45, 7) is 4.74. The Hall–Kier alpha value is -4.79. The standard InChI is InChI=1S/C38H45F3N8O4/c1-4-53-35(51)24-11-15-49(16-12-24)26-9-10-28(42-20-26)34(50)47-36-45-32-30(48(2)21-37(22-52-3)13-5-6-14-37)18-29(44-33(32)46-36)25-17-27(38(39,40)41)31(43-19-25)23-7-8-23/h9-10,17-20,23-24H,4-8,11-16,21-22H2,1-3H3,(H2,44,45,46,47,50). The maximum Gasteiger partial charge on any atom is 0.418 e. The van der Waals surface area contributed by atoms with Gasteiger partial charge in [0.15, 0.2) is 5.65 Å². The number of H-pyrrole nitrogens is 1. The van der Waals surface area contributed by atoms with Crippen molar-refractivity contribution in [1.82, 2.24) is 24.9 Å². The van der Waals surface area contributed by atoms with Gasteiger partial charge in [-0.05, 0) is 69.7 Å². The number of rotatable bonds is 12. The van der Waals surface area contributed by atoms with Crippen LogP contribution in [0, 0.1) is 11.3 Å². The molecule has 4 aromatic heterocycles. The molecule has 2 N–H and O–H groups in total. The number of piperidine rings is 1. The van der Waals surface area contributed by atoms with Crippen molar-refractivity contribution in [1.29, 1.82) is 0 Å². The number of carbonyl (C=O) groups excluding carboxylic acids is 2. The Kier molecular flexibility index (Phi) is 10.3. The largest absolute Gasteiger partial charge is 0.466 e. The second-order valence-corrected chi connectivity index (χ2v) is 14.6. The van der Waals surface area contributed by atoms with Crippen molar-refractivity contribution < 1.29 is 32.2 Å². The number of anilines is 3. The van der Waals surface area contributed by atoms with Crippen LogP contribution in [0.2, 0.25) is 0 Å². The van der Waals surface area contributed by atoms with Crippen molar-refractivity contribution in [2.75, 3.05) is 62.1 Å². The molecule has 282 valence electrons. The lowest BCUT2D eigenvalue weighted by Gasteiger charge is -2.34. The summed E-state index contributed by atoms with van der Waals surface area (Å²) in [4.78, 5) is 50.8. The number of hydrogen-bond acceptors (Lipinski definition) is 10. The molecule has 5 heterocycles. The summed E-state index contributed by atoms with van der Waals surface area (Å²) in [6.07, 6.45) is 5.45. The quantitative estimate of drug-likeness (QED) is 0.147. The summed E-state index contributed by atoms with van der Waals surface area (Å²) in [7, 11) is 3.63. The Morgan fingerprint density at radius 2 is 1.81 bits per heavy atom. The third-order valence-corrected chi connectivity index (χ3v) is 10.7. The zero-order valence-electron chi connectivity index (χ0n) is 30.3. The van der Waals surface area contributed by atoms with Crippen LogP contribution >= 0.6 is 0 Å². The van der Waals surface area contributed by atoms with Gasteiger partial charge in [-0.15, -0.1) is 0 Å². The van der Waals surface area contributed by atoms with Gasteiger partial charge in [0.05, 0.1) is 53.7 Å². The van der Waals surface area contributed by atoms with E-state index in [0.29, 0.717) is 75.4 Å². The van der Waals surface area contributed by atoms with Crippen LogP contribution < -0.4 is 15.1 Å². The summed E-state index contributed by atoms with van der Waals surface area (Å²) in [5, 5.41) is 2.79. The number of carbonyl (C=O) groups is 2. The molecule has 15 heteroatoms. The Morgan fingerprint density at radius 1 is 1.06 bits per heavy atom. The molecule has 1 amide bonds. The number of alkyl halides is 3. The fourth-order valence-corrected chi connectivity index (χ4v) is 7.88. The van der Waals surface area contributed by atoms with E-state index in [1.807, 2.05) is 13.1 Å². The molecule has 4 aromatic rings. The average molecular weight is 735 g/mol. The van der Waals surface area contributed by atoms with Gasteiger partial charge in [0.1, 0.15) is 11.2 Å². The molecule has 0 radical (unpaired) electrons. The topological polar surface area (TPSA) is 138 Å². The Labute approximate surface area is 305 Å². The number of fused-ring (bicyclic) bond motifs is 1. The van der Waals surface area contributed by atoms with Crippen molar-refractivity contribution >= 4 is 40.4 Å². The van der Waals surface area contributed by atoms with Gasteiger partial charge in [-0.1, -0.05) is 12.8 Å². The van der Waals surface area contributed by atoms with Crippen LogP contribution in [0.25, 0.3) is 22.4 Å². The van der Waals surface area contributed by atoms with Gasteiger partial charge in [-0.2, -0.15) is 18.2 Å². The van der Waals surface area contributed by atoms with Crippen LogP contribution in [0.5, 0.6) is 0 Å². The SMILES string of the molecule is CCOC(=O)C1CCN(c2ccc(C(=O)Nc3nc4nc(-c5cnc(C6CC6)c(C(F)(F)F)c5)cc(N(C)CC5(COC)CCCC5)c4[nH]3)nc2)CC1. The fourth-order valence-electron chi connectivity index (χ4n) is 7.88. The number of ether oxygens (including phenoxy) is 2. The number of hydrogen-bond donors (Lipinski definition) is 2. The van der Waals surface area contributed by atoms with Crippen molar-refractivity contribution in [2.45, 2.75) is 70.4 Å². The zero-order valence-corrected chi connectivity index (χ0v) is 30.3. The van der Waals surface area contributed by atoms with Gasteiger partial charge < -0.3 is 24.3 Å². The molecule has 12 nitrogen and oxygen atoms in total. The number of halogens is 3. The van der Waals surface area contributed by atoms with Crippen molar-refractivity contribution in [3.63, 3.8) is 0 Å². The van der Waals surface area contributed by atoms with Crippen molar-refractivity contribution in [2.24, 2.45) is 11.3 Å². The first-order valence-electron chi connectivity index (χ1n) is 18.3. The summed E-state index contributed by atoms with van der Waals surface area (Å²) < 4.78 is 53.5. The molecule has 2 aliphatic carbocycles. The summed E-state index contributed by atoms with van der Waals surface area (Å²) >= 11 is 0. The molecular formula is C38H45F3N8O4. The number of pyridine rings is 3. The molecule has 3 fully saturated rings.